The van der Waals surface area contributed by atoms with Crippen LogP contribution in [-0.4, -0.2) is 85.3 Å². The van der Waals surface area contributed by atoms with Gasteiger partial charge >= 0.3 is 0 Å². The Labute approximate surface area is 272 Å². The molecule has 6 rings (SSSR count). The fourth-order valence-electron chi connectivity index (χ4n) is 5.85. The summed E-state index contributed by atoms with van der Waals surface area (Å²) in [6.07, 6.45) is -0.650. The lowest BCUT2D eigenvalue weighted by Gasteiger charge is -2.37. The number of aliphatic imine (C=N–C) groups is 3. The van der Waals surface area contributed by atoms with Crippen molar-refractivity contribution < 1.29 is 33.6 Å². The maximum Gasteiger partial charge on any atom is 0.259 e. The van der Waals surface area contributed by atoms with Gasteiger partial charge in [0, 0.05) is 12.3 Å². The van der Waals surface area contributed by atoms with E-state index in [0.717, 1.165) is 16.7 Å². The minimum atomic E-state index is -1.10. The highest BCUT2D eigenvalue weighted by molar-refractivity contribution is 6.24. The predicted octanol–water partition coefficient (Wildman–Crippen LogP) is 3.27. The number of benzene rings is 3. The molecule has 244 valence electrons. The van der Waals surface area contributed by atoms with Crippen LogP contribution < -0.4 is 14.8 Å². The van der Waals surface area contributed by atoms with E-state index < -0.39 is 41.9 Å². The molecule has 1 unspecified atom stereocenters. The third-order valence-corrected chi connectivity index (χ3v) is 8.41. The second-order valence-corrected chi connectivity index (χ2v) is 11.7. The van der Waals surface area contributed by atoms with Crippen LogP contribution in [0.2, 0.25) is 0 Å². The molecule has 12 nitrogen and oxygen atoms in total. The first kappa shape index (κ1) is 32.0. The summed E-state index contributed by atoms with van der Waals surface area (Å²) in [6.45, 7) is 3.44. The van der Waals surface area contributed by atoms with Crippen molar-refractivity contribution in [3.63, 3.8) is 0 Å². The molecule has 2 amide bonds. The van der Waals surface area contributed by atoms with Crippen LogP contribution in [-0.2, 0) is 24.7 Å². The fourth-order valence-corrected chi connectivity index (χ4v) is 5.85. The number of amidine groups is 1. The number of amides is 2. The average molecular weight is 640 g/mol. The van der Waals surface area contributed by atoms with Gasteiger partial charge in [-0.3, -0.25) is 24.8 Å². The van der Waals surface area contributed by atoms with Gasteiger partial charge in [-0.15, -0.1) is 0 Å². The minimum Gasteiger partial charge on any atom is -0.497 e. The Kier molecular flexibility index (Phi) is 9.17. The molecule has 3 heterocycles. The molecule has 3 aromatic carbocycles. The van der Waals surface area contributed by atoms with Crippen LogP contribution in [0.4, 0.5) is 0 Å². The summed E-state index contributed by atoms with van der Waals surface area (Å²) in [4.78, 5) is 39.3. The molecule has 3 aliphatic heterocycles. The lowest BCUT2D eigenvalue weighted by atomic mass is 9.80. The van der Waals surface area contributed by atoms with E-state index in [2.05, 4.69) is 20.3 Å². The zero-order valence-electron chi connectivity index (χ0n) is 26.6. The van der Waals surface area contributed by atoms with Gasteiger partial charge in [-0.05, 0) is 41.0 Å². The van der Waals surface area contributed by atoms with Gasteiger partial charge < -0.3 is 24.1 Å². The van der Waals surface area contributed by atoms with E-state index in [1.165, 1.54) is 6.34 Å². The number of hydrogen-bond acceptors (Lipinski definition) is 9. The molecule has 47 heavy (non-hydrogen) atoms. The first-order chi connectivity index (χ1) is 22.7. The highest BCUT2D eigenvalue weighted by Crippen LogP contribution is 2.42. The van der Waals surface area contributed by atoms with Crippen molar-refractivity contribution in [1.82, 2.24) is 10.2 Å². The summed E-state index contributed by atoms with van der Waals surface area (Å²) in [6, 6.07) is 24.3. The third kappa shape index (κ3) is 6.27. The SMILES string of the molecule is COc1ccc(C(OC[C@H]2O[C@@H](N3C=NC4C(=O)NC(=NC(=O)C(C)C)N=C43)C[C@@H]2O)(c2ccccc2)c2ccc(OC)cc2)cc1. The van der Waals surface area contributed by atoms with Gasteiger partial charge in [0.25, 0.3) is 11.8 Å². The van der Waals surface area contributed by atoms with Crippen LogP contribution in [0, 0.1) is 5.92 Å². The van der Waals surface area contributed by atoms with Crippen LogP contribution in [0.5, 0.6) is 11.5 Å². The van der Waals surface area contributed by atoms with Crippen molar-refractivity contribution >= 4 is 29.9 Å². The fraction of sp³-hybridized carbons (Fsp3) is 0.343. The molecular formula is C35H37N5O7. The summed E-state index contributed by atoms with van der Waals surface area (Å²) < 4.78 is 24.2. The number of aliphatic hydroxyl groups is 1. The molecule has 1 fully saturated rings. The Bertz CT molecular complexity index is 1640. The van der Waals surface area contributed by atoms with Gasteiger partial charge in [0.05, 0.1) is 33.3 Å². The second kappa shape index (κ2) is 13.4. The summed E-state index contributed by atoms with van der Waals surface area (Å²) in [7, 11) is 3.23. The van der Waals surface area contributed by atoms with Crippen LogP contribution in [0.25, 0.3) is 0 Å². The van der Waals surface area contributed by atoms with Gasteiger partial charge in [0.1, 0.15) is 29.4 Å². The van der Waals surface area contributed by atoms with E-state index in [1.807, 2.05) is 78.9 Å². The van der Waals surface area contributed by atoms with Crippen molar-refractivity contribution in [2.75, 3.05) is 20.8 Å². The van der Waals surface area contributed by atoms with Crippen molar-refractivity contribution in [3.05, 3.63) is 95.6 Å². The number of carbonyl (C=O) groups excluding carboxylic acids is 2. The molecule has 12 heteroatoms. The number of guanidine groups is 1. The number of aliphatic hydroxyl groups excluding tert-OH is 1. The van der Waals surface area contributed by atoms with Crippen LogP contribution in [0.3, 0.4) is 0 Å². The molecule has 0 aromatic heterocycles. The Hall–Kier alpha value is -4.91. The maximum atomic E-state index is 12.8. The smallest absolute Gasteiger partial charge is 0.259 e. The van der Waals surface area contributed by atoms with E-state index in [4.69, 9.17) is 18.9 Å². The standard InChI is InChI=1S/C35H37N5O7/c1-21(2)32(42)38-34-37-31-30(33(43)39-34)36-20-40(31)29-18-27(41)28(47-29)19-46-35(22-8-6-5-7-9-22,23-10-14-25(44-3)15-11-23)24-12-16-26(45-4)17-13-24/h5-17,20-21,27-30,41H,18-19H2,1-4H3,(H,38,39,42,43)/t27-,28+,29+,30?/m0/s1. The molecule has 0 bridgehead atoms. The lowest BCUT2D eigenvalue weighted by Crippen LogP contribution is -2.51. The third-order valence-electron chi connectivity index (χ3n) is 8.41. The predicted molar refractivity (Wildman–Crippen MR) is 175 cm³/mol. The van der Waals surface area contributed by atoms with E-state index in [-0.39, 0.29) is 30.7 Å². The van der Waals surface area contributed by atoms with Gasteiger partial charge in [0.15, 0.2) is 11.9 Å². The molecule has 3 aliphatic rings. The Morgan fingerprint density at radius 2 is 1.60 bits per heavy atom. The number of carbonyl (C=O) groups is 2. The number of ether oxygens (including phenoxy) is 4. The Morgan fingerprint density at radius 1 is 1.00 bits per heavy atom. The number of rotatable bonds is 10. The highest BCUT2D eigenvalue weighted by atomic mass is 16.6. The molecule has 3 aromatic rings. The topological polar surface area (TPSA) is 144 Å². The molecule has 2 N–H and O–H groups in total. The molecule has 0 saturated carbocycles. The highest BCUT2D eigenvalue weighted by Gasteiger charge is 2.46. The van der Waals surface area contributed by atoms with Crippen LogP contribution >= 0.6 is 0 Å². The Balaban J connectivity index is 1.30. The monoisotopic (exact) mass is 639 g/mol. The zero-order chi connectivity index (χ0) is 33.1. The average Bonchev–Trinajstić information content (AvgIpc) is 3.69. The number of nitrogens with zero attached hydrogens (tertiary/aromatic N) is 4. The van der Waals surface area contributed by atoms with Gasteiger partial charge in [-0.1, -0.05) is 68.4 Å². The minimum absolute atomic E-state index is 0.0155. The van der Waals surface area contributed by atoms with Crippen molar-refractivity contribution in [2.24, 2.45) is 20.9 Å². The second-order valence-electron chi connectivity index (χ2n) is 11.7. The number of fused-ring (bicyclic) bond motifs is 1. The Morgan fingerprint density at radius 3 is 2.17 bits per heavy atom. The number of methoxy groups -OCH3 is 2. The van der Waals surface area contributed by atoms with Crippen molar-refractivity contribution in [3.8, 4) is 11.5 Å². The first-order valence-corrected chi connectivity index (χ1v) is 15.4. The van der Waals surface area contributed by atoms with E-state index in [1.54, 1.807) is 33.0 Å². The van der Waals surface area contributed by atoms with E-state index in [9.17, 15) is 14.7 Å². The van der Waals surface area contributed by atoms with Crippen LogP contribution in [0.1, 0.15) is 37.0 Å². The molecule has 1 saturated heterocycles. The molecule has 0 spiro atoms. The molecule has 0 aliphatic carbocycles. The summed E-state index contributed by atoms with van der Waals surface area (Å²) in [5.74, 6) is 0.367. The maximum absolute atomic E-state index is 12.8. The lowest BCUT2D eigenvalue weighted by molar-refractivity contribution is -0.120. The van der Waals surface area contributed by atoms with Gasteiger partial charge in [-0.2, -0.15) is 9.98 Å². The van der Waals surface area contributed by atoms with Gasteiger partial charge in [0.2, 0.25) is 5.96 Å². The zero-order valence-corrected chi connectivity index (χ0v) is 26.6. The first-order valence-electron chi connectivity index (χ1n) is 15.4. The number of nitrogens with one attached hydrogen (secondary N) is 1. The summed E-state index contributed by atoms with van der Waals surface area (Å²) in [5.41, 5.74) is 1.47. The molecule has 4 atom stereocenters. The number of hydrogen-bond donors (Lipinski definition) is 2. The molecular weight excluding hydrogens is 602 g/mol. The molecule has 0 radical (unpaired) electrons. The van der Waals surface area contributed by atoms with Crippen molar-refractivity contribution in [2.45, 2.75) is 50.3 Å². The normalized spacial score (nSPS) is 23.1. The van der Waals surface area contributed by atoms with Crippen molar-refractivity contribution in [1.29, 1.82) is 0 Å². The van der Waals surface area contributed by atoms with E-state index >= 15 is 0 Å². The van der Waals surface area contributed by atoms with E-state index in [0.29, 0.717) is 11.5 Å². The summed E-state index contributed by atoms with van der Waals surface area (Å²) >= 11 is 0. The largest absolute Gasteiger partial charge is 0.497 e. The quantitative estimate of drug-likeness (QED) is 0.322. The van der Waals surface area contributed by atoms with Gasteiger partial charge in [-0.25, -0.2) is 0 Å². The van der Waals surface area contributed by atoms with Crippen LogP contribution in [0.15, 0.2) is 93.8 Å². The summed E-state index contributed by atoms with van der Waals surface area (Å²) in [5, 5.41) is 13.8.